The molecular weight excluding hydrogens is 243 g/mol. The van der Waals surface area contributed by atoms with Crippen molar-refractivity contribution in [2.45, 2.75) is 38.3 Å². The van der Waals surface area contributed by atoms with Crippen LogP contribution in [0, 0.1) is 11.7 Å². The van der Waals surface area contributed by atoms with Gasteiger partial charge in [0.2, 0.25) is 0 Å². The van der Waals surface area contributed by atoms with Gasteiger partial charge >= 0.3 is 0 Å². The highest BCUT2D eigenvalue weighted by Crippen LogP contribution is 2.35. The van der Waals surface area contributed by atoms with Crippen LogP contribution in [-0.4, -0.2) is 29.6 Å². The number of nitrogens with zero attached hydrogens (tertiary/aromatic N) is 1. The molecular formula is C15H23FN2O. The Balaban J connectivity index is 2.18. The molecule has 1 aromatic rings. The molecule has 3 unspecified atom stereocenters. The summed E-state index contributed by atoms with van der Waals surface area (Å²) >= 11 is 0. The van der Waals surface area contributed by atoms with Crippen molar-refractivity contribution in [2.75, 3.05) is 13.6 Å². The van der Waals surface area contributed by atoms with Crippen LogP contribution in [0.2, 0.25) is 0 Å². The van der Waals surface area contributed by atoms with E-state index in [0.29, 0.717) is 24.1 Å². The number of hydrogen-bond donors (Lipinski definition) is 2. The molecule has 4 heteroatoms. The number of aromatic hydroxyl groups is 1. The summed E-state index contributed by atoms with van der Waals surface area (Å²) in [4.78, 5) is 2.22. The molecule has 0 bridgehead atoms. The highest BCUT2D eigenvalue weighted by Gasteiger charge is 2.32. The minimum atomic E-state index is -0.310. The van der Waals surface area contributed by atoms with E-state index in [1.807, 2.05) is 14.0 Å². The summed E-state index contributed by atoms with van der Waals surface area (Å²) in [5.41, 5.74) is 6.46. The Labute approximate surface area is 114 Å². The summed E-state index contributed by atoms with van der Waals surface area (Å²) in [5.74, 6) is 0.348. The molecule has 3 N–H and O–H groups in total. The molecule has 0 amide bonds. The summed E-state index contributed by atoms with van der Waals surface area (Å²) in [7, 11) is 2.04. The third kappa shape index (κ3) is 2.90. The normalized spacial score (nSPS) is 24.9. The number of nitrogens with two attached hydrogens (primary N) is 1. The van der Waals surface area contributed by atoms with E-state index in [1.165, 1.54) is 24.6 Å². The lowest BCUT2D eigenvalue weighted by Crippen LogP contribution is -2.39. The molecule has 106 valence electrons. The van der Waals surface area contributed by atoms with E-state index in [2.05, 4.69) is 4.90 Å². The van der Waals surface area contributed by atoms with Gasteiger partial charge < -0.3 is 10.8 Å². The third-order valence-corrected chi connectivity index (χ3v) is 4.50. The monoisotopic (exact) mass is 266 g/mol. The van der Waals surface area contributed by atoms with Gasteiger partial charge in [-0.2, -0.15) is 0 Å². The van der Waals surface area contributed by atoms with Crippen LogP contribution < -0.4 is 5.73 Å². The second-order valence-corrected chi connectivity index (χ2v) is 5.54. The largest absolute Gasteiger partial charge is 0.508 e. The van der Waals surface area contributed by atoms with Crippen molar-refractivity contribution in [1.29, 1.82) is 0 Å². The molecule has 1 aliphatic carbocycles. The van der Waals surface area contributed by atoms with Crippen LogP contribution in [0.15, 0.2) is 18.2 Å². The van der Waals surface area contributed by atoms with Gasteiger partial charge in [-0.1, -0.05) is 6.42 Å². The second-order valence-electron chi connectivity index (χ2n) is 5.54. The fraction of sp³-hybridized carbons (Fsp3) is 0.600. The number of phenolic OH excluding ortho intramolecular Hbond substituents is 1. The smallest absolute Gasteiger partial charge is 0.123 e. The van der Waals surface area contributed by atoms with Gasteiger partial charge in [0.05, 0.1) is 0 Å². The molecule has 0 aliphatic heterocycles. The molecule has 0 heterocycles. The zero-order valence-electron chi connectivity index (χ0n) is 11.6. The first kappa shape index (κ1) is 14.3. The molecule has 1 saturated carbocycles. The molecule has 2 rings (SSSR count). The van der Waals surface area contributed by atoms with Gasteiger partial charge in [-0.15, -0.1) is 0 Å². The van der Waals surface area contributed by atoms with E-state index in [1.54, 1.807) is 0 Å². The van der Waals surface area contributed by atoms with Gasteiger partial charge in [-0.3, -0.25) is 4.90 Å². The molecule has 19 heavy (non-hydrogen) atoms. The Hall–Kier alpha value is -1.13. The molecule has 0 radical (unpaired) electrons. The summed E-state index contributed by atoms with van der Waals surface area (Å²) in [6.45, 7) is 2.69. The van der Waals surface area contributed by atoms with Gasteiger partial charge in [0.15, 0.2) is 0 Å². The second kappa shape index (κ2) is 5.88. The molecule has 0 aromatic heterocycles. The topological polar surface area (TPSA) is 49.5 Å². The molecule has 0 saturated heterocycles. The van der Waals surface area contributed by atoms with Gasteiger partial charge in [0.1, 0.15) is 11.6 Å². The zero-order valence-corrected chi connectivity index (χ0v) is 11.6. The third-order valence-electron chi connectivity index (χ3n) is 4.50. The standard InChI is InChI=1S/C15H23FN2O/c1-10(13-8-12(16)6-7-15(13)19)18(2)14-5-3-4-11(14)9-17/h6-8,10-11,14,19H,3-5,9,17H2,1-2H3. The number of benzene rings is 1. The zero-order chi connectivity index (χ0) is 14.0. The van der Waals surface area contributed by atoms with Crippen molar-refractivity contribution < 1.29 is 9.50 Å². The van der Waals surface area contributed by atoms with Crippen LogP contribution >= 0.6 is 0 Å². The highest BCUT2D eigenvalue weighted by atomic mass is 19.1. The molecule has 1 aromatic carbocycles. The van der Waals surface area contributed by atoms with Crippen LogP contribution in [0.5, 0.6) is 5.75 Å². The Morgan fingerprint density at radius 3 is 2.89 bits per heavy atom. The predicted octanol–water partition coefficient (Wildman–Crippen LogP) is 2.65. The SMILES string of the molecule is CC(c1cc(F)ccc1O)N(C)C1CCCC1CN. The maximum absolute atomic E-state index is 13.3. The van der Waals surface area contributed by atoms with Crippen molar-refractivity contribution in [2.24, 2.45) is 11.7 Å². The quantitative estimate of drug-likeness (QED) is 0.881. The predicted molar refractivity (Wildman–Crippen MR) is 74.4 cm³/mol. The summed E-state index contributed by atoms with van der Waals surface area (Å²) in [6, 6.07) is 4.52. The van der Waals surface area contributed by atoms with E-state index in [9.17, 15) is 9.50 Å². The van der Waals surface area contributed by atoms with Gasteiger partial charge in [0.25, 0.3) is 0 Å². The maximum atomic E-state index is 13.3. The fourth-order valence-corrected chi connectivity index (χ4v) is 3.19. The fourth-order valence-electron chi connectivity index (χ4n) is 3.19. The molecule has 3 atom stereocenters. The summed E-state index contributed by atoms with van der Waals surface area (Å²) < 4.78 is 13.3. The van der Waals surface area contributed by atoms with Gasteiger partial charge in [0, 0.05) is 17.6 Å². The van der Waals surface area contributed by atoms with Crippen LogP contribution in [0.3, 0.4) is 0 Å². The number of rotatable bonds is 4. The van der Waals surface area contributed by atoms with Gasteiger partial charge in [-0.25, -0.2) is 4.39 Å². The molecule has 0 spiro atoms. The lowest BCUT2D eigenvalue weighted by atomic mass is 9.98. The van der Waals surface area contributed by atoms with E-state index < -0.39 is 0 Å². The van der Waals surface area contributed by atoms with E-state index >= 15 is 0 Å². The Kier molecular flexibility index (Phi) is 4.42. The van der Waals surface area contributed by atoms with Crippen LogP contribution in [-0.2, 0) is 0 Å². The molecule has 3 nitrogen and oxygen atoms in total. The average molecular weight is 266 g/mol. The number of halogens is 1. The van der Waals surface area contributed by atoms with Crippen molar-refractivity contribution in [3.63, 3.8) is 0 Å². The Morgan fingerprint density at radius 2 is 2.21 bits per heavy atom. The van der Waals surface area contributed by atoms with Crippen molar-refractivity contribution >= 4 is 0 Å². The van der Waals surface area contributed by atoms with Crippen molar-refractivity contribution in [1.82, 2.24) is 4.90 Å². The van der Waals surface area contributed by atoms with Gasteiger partial charge in [-0.05, 0) is 57.5 Å². The highest BCUT2D eigenvalue weighted by molar-refractivity contribution is 5.35. The first-order chi connectivity index (χ1) is 9.04. The minimum Gasteiger partial charge on any atom is -0.508 e. The van der Waals surface area contributed by atoms with Crippen molar-refractivity contribution in [3.8, 4) is 5.75 Å². The van der Waals surface area contributed by atoms with E-state index in [0.717, 1.165) is 12.8 Å². The average Bonchev–Trinajstić information content (AvgIpc) is 2.88. The Bertz CT molecular complexity index is 438. The maximum Gasteiger partial charge on any atom is 0.123 e. The van der Waals surface area contributed by atoms with Crippen LogP contribution in [0.25, 0.3) is 0 Å². The number of hydrogen-bond acceptors (Lipinski definition) is 3. The summed E-state index contributed by atoms with van der Waals surface area (Å²) in [6.07, 6.45) is 3.48. The number of phenols is 1. The molecule has 1 fully saturated rings. The van der Waals surface area contributed by atoms with Crippen LogP contribution in [0.4, 0.5) is 4.39 Å². The molecule has 1 aliphatic rings. The first-order valence-electron chi connectivity index (χ1n) is 6.95. The lowest BCUT2D eigenvalue weighted by Gasteiger charge is -2.34. The minimum absolute atomic E-state index is 0.0205. The lowest BCUT2D eigenvalue weighted by molar-refractivity contribution is 0.150. The Morgan fingerprint density at radius 1 is 1.47 bits per heavy atom. The van der Waals surface area contributed by atoms with E-state index in [-0.39, 0.29) is 17.6 Å². The van der Waals surface area contributed by atoms with Crippen LogP contribution in [0.1, 0.15) is 37.8 Å². The van der Waals surface area contributed by atoms with Crippen molar-refractivity contribution in [3.05, 3.63) is 29.6 Å². The van der Waals surface area contributed by atoms with E-state index in [4.69, 9.17) is 5.73 Å². The first-order valence-corrected chi connectivity index (χ1v) is 6.95. The summed E-state index contributed by atoms with van der Waals surface area (Å²) in [5, 5.41) is 9.90.